The highest BCUT2D eigenvalue weighted by Gasteiger charge is 2.01. The summed E-state index contributed by atoms with van der Waals surface area (Å²) in [4.78, 5) is 0. The van der Waals surface area contributed by atoms with Crippen LogP contribution in [0.4, 0.5) is 0 Å². The molecule has 0 saturated heterocycles. The number of phenolic OH excluding ortho intramolecular Hbond substituents is 1. The minimum atomic E-state index is 0.147. The molecular formula is C10H14N2O2. The molecule has 0 fully saturated rings. The fraction of sp³-hybridized carbons (Fsp3) is 0.300. The van der Waals surface area contributed by atoms with Crippen molar-refractivity contribution in [3.05, 3.63) is 23.8 Å². The van der Waals surface area contributed by atoms with Crippen molar-refractivity contribution in [1.82, 2.24) is 5.43 Å². The van der Waals surface area contributed by atoms with Crippen LogP contribution in [0.2, 0.25) is 0 Å². The number of rotatable bonds is 4. The lowest BCUT2D eigenvalue weighted by molar-refractivity contribution is 0.318. The average Bonchev–Trinajstić information content (AvgIpc) is 2.19. The summed E-state index contributed by atoms with van der Waals surface area (Å²) in [7, 11) is 1.72. The van der Waals surface area contributed by atoms with Crippen LogP contribution in [0, 0.1) is 0 Å². The molecule has 1 rings (SSSR count). The van der Waals surface area contributed by atoms with Crippen molar-refractivity contribution in [2.75, 3.05) is 13.7 Å². The van der Waals surface area contributed by atoms with E-state index in [0.29, 0.717) is 12.4 Å². The predicted octanol–water partition coefficient (Wildman–Crippen LogP) is 1.34. The Morgan fingerprint density at radius 1 is 1.57 bits per heavy atom. The summed E-state index contributed by atoms with van der Waals surface area (Å²) in [5, 5.41) is 13.3. The highest BCUT2D eigenvalue weighted by atomic mass is 16.5. The number of hydrogen-bond donors (Lipinski definition) is 2. The topological polar surface area (TPSA) is 53.8 Å². The van der Waals surface area contributed by atoms with Gasteiger partial charge in [-0.1, -0.05) is 0 Å². The standard InChI is InChI=1S/C10H14N2O2/c1-3-14-10-6-8(7-12-11-2)4-5-9(10)13/h4-7,11,13H,3H2,1-2H3/b12-7+. The lowest BCUT2D eigenvalue weighted by atomic mass is 10.2. The molecule has 14 heavy (non-hydrogen) atoms. The maximum absolute atomic E-state index is 9.41. The second-order valence-corrected chi connectivity index (χ2v) is 2.64. The van der Waals surface area contributed by atoms with Crippen LogP contribution in [0.3, 0.4) is 0 Å². The van der Waals surface area contributed by atoms with E-state index in [0.717, 1.165) is 5.56 Å². The first-order valence-corrected chi connectivity index (χ1v) is 4.43. The van der Waals surface area contributed by atoms with Crippen molar-refractivity contribution in [1.29, 1.82) is 0 Å². The van der Waals surface area contributed by atoms with Gasteiger partial charge in [0.2, 0.25) is 0 Å². The van der Waals surface area contributed by atoms with E-state index in [1.54, 1.807) is 31.5 Å². The fourth-order valence-electron chi connectivity index (χ4n) is 1.02. The summed E-state index contributed by atoms with van der Waals surface area (Å²) < 4.78 is 5.23. The molecule has 0 heterocycles. The third-order valence-corrected chi connectivity index (χ3v) is 1.63. The minimum absolute atomic E-state index is 0.147. The van der Waals surface area contributed by atoms with Crippen LogP contribution in [-0.4, -0.2) is 25.0 Å². The van der Waals surface area contributed by atoms with Crippen molar-refractivity contribution in [2.45, 2.75) is 6.92 Å². The monoisotopic (exact) mass is 194 g/mol. The number of hydrogen-bond acceptors (Lipinski definition) is 4. The second kappa shape index (κ2) is 5.11. The van der Waals surface area contributed by atoms with Crippen LogP contribution in [0.5, 0.6) is 11.5 Å². The number of phenols is 1. The molecule has 1 aromatic carbocycles. The Morgan fingerprint density at radius 2 is 2.36 bits per heavy atom. The molecule has 76 valence electrons. The van der Waals surface area contributed by atoms with Crippen LogP contribution in [0.1, 0.15) is 12.5 Å². The van der Waals surface area contributed by atoms with E-state index < -0.39 is 0 Å². The number of ether oxygens (including phenoxy) is 1. The zero-order chi connectivity index (χ0) is 10.4. The summed E-state index contributed by atoms with van der Waals surface area (Å²) in [5.41, 5.74) is 3.52. The normalized spacial score (nSPS) is 10.4. The molecule has 0 aromatic heterocycles. The number of nitrogens with one attached hydrogen (secondary N) is 1. The first-order valence-electron chi connectivity index (χ1n) is 4.43. The number of aromatic hydroxyl groups is 1. The van der Waals surface area contributed by atoms with Crippen molar-refractivity contribution in [3.8, 4) is 11.5 Å². The number of hydrazone groups is 1. The molecule has 0 unspecified atom stereocenters. The Kier molecular flexibility index (Phi) is 3.79. The Labute approximate surface area is 83.2 Å². The predicted molar refractivity (Wildman–Crippen MR) is 55.9 cm³/mol. The molecule has 4 nitrogen and oxygen atoms in total. The van der Waals surface area contributed by atoms with E-state index in [1.807, 2.05) is 6.92 Å². The Morgan fingerprint density at radius 3 is 3.00 bits per heavy atom. The van der Waals surface area contributed by atoms with Gasteiger partial charge in [-0.3, -0.25) is 0 Å². The van der Waals surface area contributed by atoms with Gasteiger partial charge in [-0.15, -0.1) is 0 Å². The van der Waals surface area contributed by atoms with E-state index in [-0.39, 0.29) is 5.75 Å². The van der Waals surface area contributed by atoms with Crippen LogP contribution in [0.25, 0.3) is 0 Å². The third kappa shape index (κ3) is 2.65. The number of nitrogens with zero attached hydrogens (tertiary/aromatic N) is 1. The Hall–Kier alpha value is -1.71. The van der Waals surface area contributed by atoms with E-state index in [9.17, 15) is 5.11 Å². The minimum Gasteiger partial charge on any atom is -0.504 e. The van der Waals surface area contributed by atoms with E-state index in [1.165, 1.54) is 0 Å². The quantitative estimate of drug-likeness (QED) is 0.562. The molecule has 0 atom stereocenters. The van der Waals surface area contributed by atoms with Gasteiger partial charge < -0.3 is 15.3 Å². The van der Waals surface area contributed by atoms with Gasteiger partial charge in [-0.05, 0) is 30.7 Å². The van der Waals surface area contributed by atoms with E-state index >= 15 is 0 Å². The third-order valence-electron chi connectivity index (χ3n) is 1.63. The summed E-state index contributed by atoms with van der Waals surface area (Å²) in [6, 6.07) is 5.08. The van der Waals surface area contributed by atoms with Gasteiger partial charge in [0.25, 0.3) is 0 Å². The maximum atomic E-state index is 9.41. The van der Waals surface area contributed by atoms with Crippen LogP contribution in [0.15, 0.2) is 23.3 Å². The lowest BCUT2D eigenvalue weighted by Crippen LogP contribution is -1.96. The molecule has 0 aliphatic rings. The summed E-state index contributed by atoms with van der Waals surface area (Å²) in [6.07, 6.45) is 1.65. The summed E-state index contributed by atoms with van der Waals surface area (Å²) >= 11 is 0. The summed E-state index contributed by atoms with van der Waals surface area (Å²) in [6.45, 7) is 2.40. The molecule has 1 aromatic rings. The van der Waals surface area contributed by atoms with Crippen LogP contribution in [-0.2, 0) is 0 Å². The van der Waals surface area contributed by atoms with Crippen molar-refractivity contribution < 1.29 is 9.84 Å². The van der Waals surface area contributed by atoms with Gasteiger partial charge in [-0.25, -0.2) is 0 Å². The first kappa shape index (κ1) is 10.4. The molecule has 0 aliphatic carbocycles. The zero-order valence-corrected chi connectivity index (χ0v) is 8.32. The lowest BCUT2D eigenvalue weighted by Gasteiger charge is -2.05. The molecule has 4 heteroatoms. The molecule has 0 amide bonds. The Balaban J connectivity index is 2.88. The molecule has 0 aliphatic heterocycles. The van der Waals surface area contributed by atoms with E-state index in [2.05, 4.69) is 10.5 Å². The van der Waals surface area contributed by atoms with Crippen molar-refractivity contribution in [2.24, 2.45) is 5.10 Å². The molecule has 2 N–H and O–H groups in total. The molecular weight excluding hydrogens is 180 g/mol. The maximum Gasteiger partial charge on any atom is 0.161 e. The highest BCUT2D eigenvalue weighted by Crippen LogP contribution is 2.25. The zero-order valence-electron chi connectivity index (χ0n) is 8.32. The SMILES string of the molecule is CCOc1cc(/C=N/NC)ccc1O. The van der Waals surface area contributed by atoms with Gasteiger partial charge in [-0.2, -0.15) is 5.10 Å². The average molecular weight is 194 g/mol. The van der Waals surface area contributed by atoms with Crippen molar-refractivity contribution >= 4 is 6.21 Å². The largest absolute Gasteiger partial charge is 0.504 e. The second-order valence-electron chi connectivity index (χ2n) is 2.64. The van der Waals surface area contributed by atoms with Gasteiger partial charge in [0.15, 0.2) is 11.5 Å². The van der Waals surface area contributed by atoms with Gasteiger partial charge in [0, 0.05) is 7.05 Å². The molecule has 0 bridgehead atoms. The molecule has 0 spiro atoms. The van der Waals surface area contributed by atoms with E-state index in [4.69, 9.17) is 4.74 Å². The highest BCUT2D eigenvalue weighted by molar-refractivity contribution is 5.80. The fourth-order valence-corrected chi connectivity index (χ4v) is 1.02. The molecule has 0 saturated carbocycles. The van der Waals surface area contributed by atoms with Crippen LogP contribution >= 0.6 is 0 Å². The smallest absolute Gasteiger partial charge is 0.161 e. The van der Waals surface area contributed by atoms with Gasteiger partial charge in [0.1, 0.15) is 0 Å². The van der Waals surface area contributed by atoms with Gasteiger partial charge in [0.05, 0.1) is 12.8 Å². The Bertz CT molecular complexity index is 324. The summed E-state index contributed by atoms with van der Waals surface area (Å²) in [5.74, 6) is 0.626. The van der Waals surface area contributed by atoms with Gasteiger partial charge >= 0.3 is 0 Å². The molecule has 0 radical (unpaired) electrons. The van der Waals surface area contributed by atoms with Crippen LogP contribution < -0.4 is 10.2 Å². The van der Waals surface area contributed by atoms with Crippen molar-refractivity contribution in [3.63, 3.8) is 0 Å². The number of benzene rings is 1. The first-order chi connectivity index (χ1) is 6.77.